The molecule has 1 unspecified atom stereocenters. The Morgan fingerprint density at radius 2 is 0.897 bits per heavy atom. The fourth-order valence-corrected chi connectivity index (χ4v) is 3.96. The van der Waals surface area contributed by atoms with Gasteiger partial charge in [-0.2, -0.15) is 0 Å². The van der Waals surface area contributed by atoms with Crippen LogP contribution in [0.2, 0.25) is 0 Å². The minimum absolute atomic E-state index is 0.0215. The molecule has 0 spiro atoms. The number of hydrogen-bond donors (Lipinski definition) is 0. The van der Waals surface area contributed by atoms with E-state index >= 15 is 0 Å². The summed E-state index contributed by atoms with van der Waals surface area (Å²) >= 11 is 0. The second kappa shape index (κ2) is 23.7. The van der Waals surface area contributed by atoms with E-state index in [-0.39, 0.29) is 11.9 Å². The molecule has 0 saturated carbocycles. The summed E-state index contributed by atoms with van der Waals surface area (Å²) in [5.41, 5.74) is 0. The molecule has 0 amide bonds. The summed E-state index contributed by atoms with van der Waals surface area (Å²) in [6, 6.07) is 0. The lowest BCUT2D eigenvalue weighted by molar-refractivity contribution is -0.148. The van der Waals surface area contributed by atoms with Crippen LogP contribution in [0, 0.1) is 5.92 Å². The molecule has 0 bridgehead atoms. The summed E-state index contributed by atoms with van der Waals surface area (Å²) in [5, 5.41) is 0. The molecule has 0 saturated heterocycles. The fourth-order valence-electron chi connectivity index (χ4n) is 3.96. The Bertz CT molecular complexity index is 326. The van der Waals surface area contributed by atoms with Crippen LogP contribution in [-0.2, 0) is 9.53 Å². The number of carbonyl (C=O) groups is 1. The molecule has 0 aliphatic rings. The predicted octanol–water partition coefficient (Wildman–Crippen LogP) is 9.40. The van der Waals surface area contributed by atoms with Gasteiger partial charge in [-0.1, -0.05) is 143 Å². The van der Waals surface area contributed by atoms with Crippen LogP contribution in [0.15, 0.2) is 0 Å². The molecular formula is C27H54O2. The number of ether oxygens (including phenoxy) is 1. The number of rotatable bonds is 23. The standard InChI is InChI=1S/C27H54O2/c1-4-6-8-10-12-13-14-15-16-17-18-19-21-23-25-29-27(28)26(3)24-22-20-11-9-7-5-2/h26H,4-25H2,1-3H3. The Kier molecular flexibility index (Phi) is 23.3. The van der Waals surface area contributed by atoms with Crippen molar-refractivity contribution < 1.29 is 9.53 Å². The zero-order valence-corrected chi connectivity index (χ0v) is 20.5. The van der Waals surface area contributed by atoms with Crippen molar-refractivity contribution in [3.63, 3.8) is 0 Å². The Morgan fingerprint density at radius 1 is 0.552 bits per heavy atom. The number of esters is 1. The summed E-state index contributed by atoms with van der Waals surface area (Å²) in [5.74, 6) is 0.0982. The first-order chi connectivity index (χ1) is 14.2. The van der Waals surface area contributed by atoms with Crippen LogP contribution >= 0.6 is 0 Å². The van der Waals surface area contributed by atoms with Crippen molar-refractivity contribution in [2.75, 3.05) is 6.61 Å². The van der Waals surface area contributed by atoms with E-state index in [9.17, 15) is 4.79 Å². The van der Waals surface area contributed by atoms with E-state index in [0.29, 0.717) is 6.61 Å². The number of unbranched alkanes of at least 4 members (excludes halogenated alkanes) is 18. The highest BCUT2D eigenvalue weighted by atomic mass is 16.5. The van der Waals surface area contributed by atoms with Gasteiger partial charge < -0.3 is 4.74 Å². The van der Waals surface area contributed by atoms with Gasteiger partial charge in [-0.3, -0.25) is 4.79 Å². The van der Waals surface area contributed by atoms with Gasteiger partial charge in [0.2, 0.25) is 0 Å². The topological polar surface area (TPSA) is 26.3 Å². The Labute approximate surface area is 184 Å². The predicted molar refractivity (Wildman–Crippen MR) is 128 cm³/mol. The van der Waals surface area contributed by atoms with E-state index in [0.717, 1.165) is 12.8 Å². The normalized spacial score (nSPS) is 12.2. The quantitative estimate of drug-likeness (QED) is 0.124. The molecule has 0 aromatic rings. The van der Waals surface area contributed by atoms with E-state index in [4.69, 9.17) is 4.74 Å². The third-order valence-corrected chi connectivity index (χ3v) is 6.14. The summed E-state index contributed by atoms with van der Waals surface area (Å²) in [7, 11) is 0. The van der Waals surface area contributed by atoms with Crippen LogP contribution in [0.3, 0.4) is 0 Å². The highest BCUT2D eigenvalue weighted by Crippen LogP contribution is 2.15. The van der Waals surface area contributed by atoms with Gasteiger partial charge >= 0.3 is 5.97 Å². The molecule has 2 heteroatoms. The Morgan fingerprint density at radius 3 is 1.31 bits per heavy atom. The molecule has 0 radical (unpaired) electrons. The zero-order valence-electron chi connectivity index (χ0n) is 20.5. The van der Waals surface area contributed by atoms with E-state index in [1.807, 2.05) is 6.92 Å². The highest BCUT2D eigenvalue weighted by Gasteiger charge is 2.13. The lowest BCUT2D eigenvalue weighted by Gasteiger charge is -2.11. The number of hydrogen-bond acceptors (Lipinski definition) is 2. The first-order valence-electron chi connectivity index (χ1n) is 13.4. The minimum atomic E-state index is 0.0215. The van der Waals surface area contributed by atoms with Gasteiger partial charge in [-0.15, -0.1) is 0 Å². The third-order valence-electron chi connectivity index (χ3n) is 6.14. The van der Waals surface area contributed by atoms with Crippen molar-refractivity contribution in [3.05, 3.63) is 0 Å². The average Bonchev–Trinajstić information content (AvgIpc) is 2.73. The number of carbonyl (C=O) groups excluding carboxylic acids is 1. The van der Waals surface area contributed by atoms with E-state index in [2.05, 4.69) is 13.8 Å². The first kappa shape index (κ1) is 28.5. The van der Waals surface area contributed by atoms with E-state index < -0.39 is 0 Å². The lowest BCUT2D eigenvalue weighted by atomic mass is 10.0. The third kappa shape index (κ3) is 22.0. The molecule has 0 rings (SSSR count). The molecule has 0 fully saturated rings. The maximum atomic E-state index is 12.0. The molecule has 0 aromatic carbocycles. The summed E-state index contributed by atoms with van der Waals surface area (Å²) < 4.78 is 5.47. The molecule has 0 aliphatic heterocycles. The molecule has 0 aromatic heterocycles. The van der Waals surface area contributed by atoms with Crippen LogP contribution in [0.1, 0.15) is 156 Å². The molecule has 0 aliphatic carbocycles. The molecular weight excluding hydrogens is 356 g/mol. The maximum Gasteiger partial charge on any atom is 0.308 e. The van der Waals surface area contributed by atoms with E-state index in [1.165, 1.54) is 122 Å². The molecule has 1 atom stereocenters. The molecule has 2 nitrogen and oxygen atoms in total. The van der Waals surface area contributed by atoms with Crippen molar-refractivity contribution >= 4 is 5.97 Å². The van der Waals surface area contributed by atoms with Crippen LogP contribution < -0.4 is 0 Å². The molecule has 0 N–H and O–H groups in total. The monoisotopic (exact) mass is 410 g/mol. The van der Waals surface area contributed by atoms with Crippen LogP contribution in [0.25, 0.3) is 0 Å². The van der Waals surface area contributed by atoms with Crippen LogP contribution in [0.5, 0.6) is 0 Å². The average molecular weight is 411 g/mol. The maximum absolute atomic E-state index is 12.0. The van der Waals surface area contributed by atoms with Crippen molar-refractivity contribution in [1.82, 2.24) is 0 Å². The van der Waals surface area contributed by atoms with Gasteiger partial charge in [0, 0.05) is 0 Å². The highest BCUT2D eigenvalue weighted by molar-refractivity contribution is 5.71. The molecule has 174 valence electrons. The summed E-state index contributed by atoms with van der Waals surface area (Å²) in [6.45, 7) is 7.18. The van der Waals surface area contributed by atoms with E-state index in [1.54, 1.807) is 0 Å². The van der Waals surface area contributed by atoms with Crippen molar-refractivity contribution in [3.8, 4) is 0 Å². The SMILES string of the molecule is CCCCCCCCCCCCCCCCOC(=O)C(C)CCCCCCCC. The minimum Gasteiger partial charge on any atom is -0.465 e. The summed E-state index contributed by atoms with van der Waals surface area (Å²) in [4.78, 5) is 12.0. The zero-order chi connectivity index (χ0) is 21.4. The van der Waals surface area contributed by atoms with Gasteiger partial charge in [0.1, 0.15) is 0 Å². The van der Waals surface area contributed by atoms with Crippen LogP contribution in [0.4, 0.5) is 0 Å². The molecule has 29 heavy (non-hydrogen) atoms. The van der Waals surface area contributed by atoms with Gasteiger partial charge in [0.25, 0.3) is 0 Å². The largest absolute Gasteiger partial charge is 0.465 e. The summed E-state index contributed by atoms with van der Waals surface area (Å²) in [6.07, 6.45) is 27.7. The van der Waals surface area contributed by atoms with Crippen LogP contribution in [-0.4, -0.2) is 12.6 Å². The first-order valence-corrected chi connectivity index (χ1v) is 13.4. The smallest absolute Gasteiger partial charge is 0.308 e. The Balaban J connectivity index is 3.25. The van der Waals surface area contributed by atoms with Crippen molar-refractivity contribution in [2.45, 2.75) is 156 Å². The second-order valence-electron chi connectivity index (χ2n) is 9.22. The second-order valence-corrected chi connectivity index (χ2v) is 9.22. The Hall–Kier alpha value is -0.530. The van der Waals surface area contributed by atoms with Gasteiger partial charge in [-0.25, -0.2) is 0 Å². The molecule has 0 heterocycles. The van der Waals surface area contributed by atoms with Gasteiger partial charge in [0.05, 0.1) is 12.5 Å². The van der Waals surface area contributed by atoms with Crippen molar-refractivity contribution in [2.24, 2.45) is 5.92 Å². The van der Waals surface area contributed by atoms with Gasteiger partial charge in [0.15, 0.2) is 0 Å². The van der Waals surface area contributed by atoms with Gasteiger partial charge in [-0.05, 0) is 12.8 Å². The van der Waals surface area contributed by atoms with Crippen molar-refractivity contribution in [1.29, 1.82) is 0 Å². The fraction of sp³-hybridized carbons (Fsp3) is 0.963. The lowest BCUT2D eigenvalue weighted by Crippen LogP contribution is -2.15.